The lowest BCUT2D eigenvalue weighted by Gasteiger charge is -2.40. The van der Waals surface area contributed by atoms with E-state index in [1.807, 2.05) is 0 Å². The zero-order valence-electron chi connectivity index (χ0n) is 13.2. The van der Waals surface area contributed by atoms with Gasteiger partial charge in [0.2, 0.25) is 0 Å². The molecule has 118 valence electrons. The molecule has 21 heavy (non-hydrogen) atoms. The van der Waals surface area contributed by atoms with Gasteiger partial charge in [-0.05, 0) is 25.7 Å². The van der Waals surface area contributed by atoms with Gasteiger partial charge >= 0.3 is 0 Å². The second-order valence-electron chi connectivity index (χ2n) is 5.60. The van der Waals surface area contributed by atoms with E-state index in [-0.39, 0.29) is 5.60 Å². The number of ether oxygens (including phenoxy) is 2. The number of aromatic nitrogens is 2. The maximum atomic E-state index is 6.00. The van der Waals surface area contributed by atoms with Crippen molar-refractivity contribution in [2.45, 2.75) is 57.8 Å². The van der Waals surface area contributed by atoms with Gasteiger partial charge in [0, 0.05) is 25.8 Å². The molecular weight excluding hydrogens is 268 g/mol. The number of anilines is 2. The van der Waals surface area contributed by atoms with E-state index in [1.165, 1.54) is 0 Å². The van der Waals surface area contributed by atoms with Gasteiger partial charge in [0.1, 0.15) is 18.2 Å². The van der Waals surface area contributed by atoms with Crippen molar-refractivity contribution in [2.75, 3.05) is 24.8 Å². The average molecular weight is 294 g/mol. The summed E-state index contributed by atoms with van der Waals surface area (Å²) in [5, 5.41) is 3.48. The molecule has 6 heteroatoms. The molecule has 1 aromatic rings. The van der Waals surface area contributed by atoms with Gasteiger partial charge in [-0.1, -0.05) is 13.8 Å². The van der Waals surface area contributed by atoms with Gasteiger partial charge in [0.05, 0.1) is 5.60 Å². The van der Waals surface area contributed by atoms with E-state index in [0.717, 1.165) is 38.1 Å². The maximum absolute atomic E-state index is 6.00. The van der Waals surface area contributed by atoms with E-state index >= 15 is 0 Å². The van der Waals surface area contributed by atoms with Gasteiger partial charge < -0.3 is 20.5 Å². The molecule has 2 heterocycles. The SMILES string of the molecule is CCC1(CC)CC(Nc2cc(N)nc(COC)n2)CCO1. The smallest absolute Gasteiger partial charge is 0.158 e. The topological polar surface area (TPSA) is 82.3 Å². The first-order chi connectivity index (χ1) is 10.1. The van der Waals surface area contributed by atoms with E-state index in [4.69, 9.17) is 15.2 Å². The first-order valence-electron chi connectivity index (χ1n) is 7.63. The molecule has 0 aromatic carbocycles. The third kappa shape index (κ3) is 4.04. The molecule has 0 amide bonds. The molecule has 6 nitrogen and oxygen atoms in total. The third-order valence-corrected chi connectivity index (χ3v) is 4.20. The molecule has 0 saturated carbocycles. The van der Waals surface area contributed by atoms with Crippen LogP contribution in [-0.4, -0.2) is 35.3 Å². The van der Waals surface area contributed by atoms with Crippen LogP contribution in [0.4, 0.5) is 11.6 Å². The molecule has 0 bridgehead atoms. The Balaban J connectivity index is 2.07. The third-order valence-electron chi connectivity index (χ3n) is 4.20. The highest BCUT2D eigenvalue weighted by atomic mass is 16.5. The summed E-state index contributed by atoms with van der Waals surface area (Å²) in [5.74, 6) is 1.83. The largest absolute Gasteiger partial charge is 0.384 e. The first kappa shape index (κ1) is 16.0. The highest BCUT2D eigenvalue weighted by molar-refractivity contribution is 5.45. The Labute approximate surface area is 126 Å². The number of nitrogens with zero attached hydrogens (tertiary/aromatic N) is 2. The Hall–Kier alpha value is -1.40. The van der Waals surface area contributed by atoms with Crippen molar-refractivity contribution in [1.29, 1.82) is 0 Å². The summed E-state index contributed by atoms with van der Waals surface area (Å²) in [6.45, 7) is 5.52. The molecule has 1 aliphatic heterocycles. The van der Waals surface area contributed by atoms with Crippen LogP contribution in [-0.2, 0) is 16.1 Å². The predicted octanol–water partition coefficient (Wildman–Crippen LogP) is 2.35. The van der Waals surface area contributed by atoms with Crippen molar-refractivity contribution in [3.8, 4) is 0 Å². The monoisotopic (exact) mass is 294 g/mol. The lowest BCUT2D eigenvalue weighted by atomic mass is 9.86. The van der Waals surface area contributed by atoms with Crippen molar-refractivity contribution in [3.63, 3.8) is 0 Å². The molecule has 1 aliphatic rings. The molecule has 1 fully saturated rings. The molecule has 1 unspecified atom stereocenters. The molecule has 1 atom stereocenters. The Kier molecular flexibility index (Phi) is 5.36. The fraction of sp³-hybridized carbons (Fsp3) is 0.733. The molecule has 1 saturated heterocycles. The second-order valence-corrected chi connectivity index (χ2v) is 5.60. The number of rotatable bonds is 6. The normalized spacial score (nSPS) is 21.2. The Morgan fingerprint density at radius 2 is 2.19 bits per heavy atom. The maximum Gasteiger partial charge on any atom is 0.158 e. The number of nitrogens with two attached hydrogens (primary N) is 1. The van der Waals surface area contributed by atoms with Gasteiger partial charge in [0.15, 0.2) is 5.82 Å². The van der Waals surface area contributed by atoms with E-state index < -0.39 is 0 Å². The highest BCUT2D eigenvalue weighted by Crippen LogP contribution is 2.32. The number of nitrogen functional groups attached to an aromatic ring is 1. The summed E-state index contributed by atoms with van der Waals surface area (Å²) in [4.78, 5) is 8.60. The number of hydrogen-bond donors (Lipinski definition) is 2. The zero-order valence-corrected chi connectivity index (χ0v) is 13.2. The van der Waals surface area contributed by atoms with Crippen LogP contribution in [0.25, 0.3) is 0 Å². The molecule has 0 spiro atoms. The predicted molar refractivity (Wildman–Crippen MR) is 83.1 cm³/mol. The zero-order chi connectivity index (χ0) is 15.3. The van der Waals surface area contributed by atoms with Crippen LogP contribution >= 0.6 is 0 Å². The summed E-state index contributed by atoms with van der Waals surface area (Å²) >= 11 is 0. The van der Waals surface area contributed by atoms with Gasteiger partial charge in [-0.3, -0.25) is 0 Å². The van der Waals surface area contributed by atoms with Crippen molar-refractivity contribution in [2.24, 2.45) is 0 Å². The Morgan fingerprint density at radius 3 is 2.86 bits per heavy atom. The van der Waals surface area contributed by atoms with Gasteiger partial charge in [-0.25, -0.2) is 9.97 Å². The van der Waals surface area contributed by atoms with Crippen LogP contribution in [0, 0.1) is 0 Å². The Morgan fingerprint density at radius 1 is 1.43 bits per heavy atom. The average Bonchev–Trinajstić information content (AvgIpc) is 2.47. The molecule has 1 aromatic heterocycles. The lowest BCUT2D eigenvalue weighted by Crippen LogP contribution is -2.43. The van der Waals surface area contributed by atoms with Crippen LogP contribution in [0.1, 0.15) is 45.4 Å². The minimum Gasteiger partial charge on any atom is -0.384 e. The van der Waals surface area contributed by atoms with Crippen LogP contribution in [0.3, 0.4) is 0 Å². The summed E-state index contributed by atoms with van der Waals surface area (Å²) < 4.78 is 11.1. The van der Waals surface area contributed by atoms with E-state index in [1.54, 1.807) is 13.2 Å². The van der Waals surface area contributed by atoms with Gasteiger partial charge in [-0.15, -0.1) is 0 Å². The molecular formula is C15H26N4O2. The minimum absolute atomic E-state index is 0.0101. The van der Waals surface area contributed by atoms with Crippen molar-refractivity contribution < 1.29 is 9.47 Å². The van der Waals surface area contributed by atoms with Crippen LogP contribution < -0.4 is 11.1 Å². The summed E-state index contributed by atoms with van der Waals surface area (Å²) in [6, 6.07) is 2.12. The molecule has 0 radical (unpaired) electrons. The fourth-order valence-electron chi connectivity index (χ4n) is 2.89. The second kappa shape index (κ2) is 7.04. The quantitative estimate of drug-likeness (QED) is 0.838. The van der Waals surface area contributed by atoms with Crippen LogP contribution in [0.15, 0.2) is 6.07 Å². The van der Waals surface area contributed by atoms with E-state index in [2.05, 4.69) is 29.1 Å². The fourth-order valence-corrected chi connectivity index (χ4v) is 2.89. The number of nitrogens with one attached hydrogen (secondary N) is 1. The van der Waals surface area contributed by atoms with Crippen LogP contribution in [0.5, 0.6) is 0 Å². The molecule has 3 N–H and O–H groups in total. The standard InChI is InChI=1S/C15H26N4O2/c1-4-15(5-2)9-11(6-7-21-15)17-13-8-12(16)18-14(19-13)10-20-3/h8,11H,4-7,9-10H2,1-3H3,(H3,16,17,18,19). The number of hydrogen-bond acceptors (Lipinski definition) is 6. The lowest BCUT2D eigenvalue weighted by molar-refractivity contribution is -0.0864. The van der Waals surface area contributed by atoms with Gasteiger partial charge in [0.25, 0.3) is 0 Å². The first-order valence-corrected chi connectivity index (χ1v) is 7.63. The minimum atomic E-state index is -0.0101. The number of methoxy groups -OCH3 is 1. The van der Waals surface area contributed by atoms with Crippen molar-refractivity contribution in [1.82, 2.24) is 9.97 Å². The molecule has 2 rings (SSSR count). The summed E-state index contributed by atoms with van der Waals surface area (Å²) in [5.41, 5.74) is 5.82. The van der Waals surface area contributed by atoms with E-state index in [9.17, 15) is 0 Å². The van der Waals surface area contributed by atoms with Gasteiger partial charge in [-0.2, -0.15) is 0 Å². The van der Waals surface area contributed by atoms with E-state index in [0.29, 0.717) is 24.3 Å². The van der Waals surface area contributed by atoms with Crippen molar-refractivity contribution >= 4 is 11.6 Å². The van der Waals surface area contributed by atoms with Crippen LogP contribution in [0.2, 0.25) is 0 Å². The Bertz CT molecular complexity index is 463. The highest BCUT2D eigenvalue weighted by Gasteiger charge is 2.34. The molecule has 0 aliphatic carbocycles. The summed E-state index contributed by atoms with van der Waals surface area (Å²) in [6.07, 6.45) is 4.03. The summed E-state index contributed by atoms with van der Waals surface area (Å²) in [7, 11) is 1.62. The van der Waals surface area contributed by atoms with Crippen molar-refractivity contribution in [3.05, 3.63) is 11.9 Å².